The molecule has 11 heavy (non-hydrogen) atoms. The number of hydrogen-bond acceptors (Lipinski definition) is 2. The lowest BCUT2D eigenvalue weighted by atomic mass is 10.2. The summed E-state index contributed by atoms with van der Waals surface area (Å²) in [6.07, 6.45) is 2.00. The molecule has 1 rings (SSSR count). The zero-order valence-electron chi connectivity index (χ0n) is 7.09. The first-order valence-corrected chi connectivity index (χ1v) is 5.24. The minimum atomic E-state index is 0.206. The molecule has 0 aromatic heterocycles. The van der Waals surface area contributed by atoms with E-state index in [2.05, 4.69) is 19.2 Å². The lowest BCUT2D eigenvalue weighted by molar-refractivity contribution is -0.121. The van der Waals surface area contributed by atoms with Gasteiger partial charge in [0.1, 0.15) is 0 Å². The number of rotatable bonds is 2. The summed E-state index contributed by atoms with van der Waals surface area (Å²) in [6, 6.07) is 0.412. The van der Waals surface area contributed by atoms with Gasteiger partial charge in [-0.05, 0) is 12.8 Å². The predicted octanol–water partition coefficient (Wildman–Crippen LogP) is 1.41. The normalized spacial score (nSPS) is 31.6. The third kappa shape index (κ3) is 2.12. The van der Waals surface area contributed by atoms with E-state index < -0.39 is 0 Å². The molecule has 0 spiro atoms. The molecule has 2 atom stereocenters. The Kier molecular flexibility index (Phi) is 3.24. The molecule has 64 valence electrons. The summed E-state index contributed by atoms with van der Waals surface area (Å²) in [5.41, 5.74) is 0. The molecule has 1 fully saturated rings. The van der Waals surface area contributed by atoms with Crippen molar-refractivity contribution in [1.29, 1.82) is 0 Å². The maximum atomic E-state index is 11.3. The van der Waals surface area contributed by atoms with Crippen molar-refractivity contribution in [3.63, 3.8) is 0 Å². The van der Waals surface area contributed by atoms with E-state index in [0.29, 0.717) is 6.04 Å². The third-order valence-electron chi connectivity index (χ3n) is 2.00. The van der Waals surface area contributed by atoms with Gasteiger partial charge in [-0.3, -0.25) is 4.79 Å². The van der Waals surface area contributed by atoms with Crippen LogP contribution in [0.5, 0.6) is 0 Å². The summed E-state index contributed by atoms with van der Waals surface area (Å²) in [5.74, 6) is 1.32. The molecule has 0 aliphatic carbocycles. The van der Waals surface area contributed by atoms with Gasteiger partial charge >= 0.3 is 0 Å². The van der Waals surface area contributed by atoms with E-state index >= 15 is 0 Å². The zero-order chi connectivity index (χ0) is 8.27. The first kappa shape index (κ1) is 8.91. The molecular weight excluding hydrogens is 158 g/mol. The Morgan fingerprint density at radius 2 is 2.27 bits per heavy atom. The van der Waals surface area contributed by atoms with Gasteiger partial charge in [0.25, 0.3) is 0 Å². The van der Waals surface area contributed by atoms with Crippen LogP contribution in [0.15, 0.2) is 0 Å². The van der Waals surface area contributed by atoms with Crippen LogP contribution in [0.3, 0.4) is 0 Å². The summed E-state index contributed by atoms with van der Waals surface area (Å²) in [6.45, 7) is 4.17. The fourth-order valence-corrected chi connectivity index (χ4v) is 2.41. The van der Waals surface area contributed by atoms with Gasteiger partial charge in [0.2, 0.25) is 5.91 Å². The largest absolute Gasteiger partial charge is 0.352 e. The highest BCUT2D eigenvalue weighted by atomic mass is 32.2. The van der Waals surface area contributed by atoms with Gasteiger partial charge in [-0.1, -0.05) is 13.8 Å². The maximum absolute atomic E-state index is 11.3. The van der Waals surface area contributed by atoms with Crippen LogP contribution in [0.25, 0.3) is 0 Å². The van der Waals surface area contributed by atoms with Gasteiger partial charge in [0.05, 0.1) is 5.25 Å². The lowest BCUT2D eigenvalue weighted by Gasteiger charge is -2.27. The number of carbonyl (C=O) groups is 1. The van der Waals surface area contributed by atoms with E-state index in [0.717, 1.165) is 18.6 Å². The molecule has 0 saturated carbocycles. The minimum Gasteiger partial charge on any atom is -0.352 e. The Labute approximate surface area is 72.1 Å². The average molecular weight is 173 g/mol. The van der Waals surface area contributed by atoms with E-state index in [1.54, 1.807) is 11.8 Å². The molecule has 3 heteroatoms. The monoisotopic (exact) mass is 173 g/mol. The van der Waals surface area contributed by atoms with Crippen LogP contribution in [-0.2, 0) is 4.79 Å². The number of carbonyl (C=O) groups excluding carboxylic acids is 1. The quantitative estimate of drug-likeness (QED) is 0.684. The number of nitrogens with one attached hydrogen (secondary N) is 1. The van der Waals surface area contributed by atoms with Crippen LogP contribution in [0, 0.1) is 0 Å². The van der Waals surface area contributed by atoms with Crippen LogP contribution in [0.1, 0.15) is 26.7 Å². The van der Waals surface area contributed by atoms with Crippen molar-refractivity contribution in [3.8, 4) is 0 Å². The topological polar surface area (TPSA) is 29.1 Å². The van der Waals surface area contributed by atoms with Crippen LogP contribution >= 0.6 is 11.8 Å². The second-order valence-electron chi connectivity index (χ2n) is 2.84. The van der Waals surface area contributed by atoms with Crippen molar-refractivity contribution in [1.82, 2.24) is 5.32 Å². The molecule has 2 nitrogen and oxygen atoms in total. The van der Waals surface area contributed by atoms with Crippen LogP contribution < -0.4 is 5.32 Å². The fraction of sp³-hybridized carbons (Fsp3) is 0.875. The van der Waals surface area contributed by atoms with Crippen LogP contribution in [-0.4, -0.2) is 23.0 Å². The van der Waals surface area contributed by atoms with Crippen molar-refractivity contribution in [3.05, 3.63) is 0 Å². The first-order valence-electron chi connectivity index (χ1n) is 4.19. The van der Waals surface area contributed by atoms with Crippen molar-refractivity contribution in [2.45, 2.75) is 38.0 Å². The second kappa shape index (κ2) is 4.00. The Morgan fingerprint density at radius 3 is 2.73 bits per heavy atom. The fourth-order valence-electron chi connectivity index (χ4n) is 1.17. The zero-order valence-corrected chi connectivity index (χ0v) is 7.91. The summed E-state index contributed by atoms with van der Waals surface area (Å²) >= 11 is 1.79. The molecule has 1 heterocycles. The Balaban J connectivity index is 2.41. The third-order valence-corrected chi connectivity index (χ3v) is 3.55. The molecule has 0 bridgehead atoms. The lowest BCUT2D eigenvalue weighted by Crippen LogP contribution is -2.46. The van der Waals surface area contributed by atoms with Gasteiger partial charge in [0, 0.05) is 11.8 Å². The van der Waals surface area contributed by atoms with Crippen LogP contribution in [0.4, 0.5) is 0 Å². The molecule has 1 amide bonds. The number of thioether (sulfide) groups is 1. The van der Waals surface area contributed by atoms with Gasteiger partial charge in [-0.25, -0.2) is 0 Å². The molecule has 0 aromatic rings. The van der Waals surface area contributed by atoms with Crippen molar-refractivity contribution in [2.24, 2.45) is 0 Å². The van der Waals surface area contributed by atoms with Gasteiger partial charge < -0.3 is 5.32 Å². The molecule has 0 radical (unpaired) electrons. The summed E-state index contributed by atoms with van der Waals surface area (Å²) in [4.78, 5) is 11.3. The van der Waals surface area contributed by atoms with E-state index in [4.69, 9.17) is 0 Å². The molecule has 1 aliphatic heterocycles. The SMILES string of the molecule is CC[C@@H]1CS[C@@H](CC)C(=O)N1. The Bertz CT molecular complexity index is 149. The highest BCUT2D eigenvalue weighted by Crippen LogP contribution is 2.21. The smallest absolute Gasteiger partial charge is 0.233 e. The Morgan fingerprint density at radius 1 is 1.55 bits per heavy atom. The molecular formula is C8H15NOS. The van der Waals surface area contributed by atoms with Crippen molar-refractivity contribution < 1.29 is 4.79 Å². The van der Waals surface area contributed by atoms with Gasteiger partial charge in [0.15, 0.2) is 0 Å². The summed E-state index contributed by atoms with van der Waals surface area (Å²) in [5, 5.41) is 3.21. The molecule has 1 aliphatic rings. The highest BCUT2D eigenvalue weighted by Gasteiger charge is 2.25. The molecule has 1 saturated heterocycles. The van der Waals surface area contributed by atoms with E-state index in [1.807, 2.05) is 0 Å². The average Bonchev–Trinajstić information content (AvgIpc) is 2.04. The number of amides is 1. The first-order chi connectivity index (χ1) is 5.27. The molecule has 1 N–H and O–H groups in total. The Hall–Kier alpha value is -0.180. The molecule has 0 aromatic carbocycles. The summed E-state index contributed by atoms with van der Waals surface area (Å²) in [7, 11) is 0. The van der Waals surface area contributed by atoms with Crippen LogP contribution in [0.2, 0.25) is 0 Å². The van der Waals surface area contributed by atoms with Gasteiger partial charge in [-0.15, -0.1) is 11.8 Å². The van der Waals surface area contributed by atoms with Gasteiger partial charge in [-0.2, -0.15) is 0 Å². The standard InChI is InChI=1S/C8H15NOS/c1-3-6-5-11-7(4-2)8(10)9-6/h6-7H,3-5H2,1-2H3,(H,9,10)/t6-,7+/m1/s1. The summed E-state index contributed by atoms with van der Waals surface area (Å²) < 4.78 is 0. The van der Waals surface area contributed by atoms with E-state index in [9.17, 15) is 4.79 Å². The predicted molar refractivity (Wildman–Crippen MR) is 48.8 cm³/mol. The minimum absolute atomic E-state index is 0.206. The van der Waals surface area contributed by atoms with E-state index in [1.165, 1.54) is 0 Å². The van der Waals surface area contributed by atoms with Crippen molar-refractivity contribution in [2.75, 3.05) is 5.75 Å². The van der Waals surface area contributed by atoms with Crippen molar-refractivity contribution >= 4 is 17.7 Å². The highest BCUT2D eigenvalue weighted by molar-refractivity contribution is 8.00. The van der Waals surface area contributed by atoms with E-state index in [-0.39, 0.29) is 11.2 Å². The second-order valence-corrected chi connectivity index (χ2v) is 4.08. The number of hydrogen-bond donors (Lipinski definition) is 1. The molecule has 0 unspecified atom stereocenters. The maximum Gasteiger partial charge on any atom is 0.233 e.